The van der Waals surface area contributed by atoms with E-state index in [1.165, 1.54) is 22.4 Å². The van der Waals surface area contributed by atoms with Gasteiger partial charge in [0.25, 0.3) is 0 Å². The highest BCUT2D eigenvalue weighted by molar-refractivity contribution is 5.60. The van der Waals surface area contributed by atoms with Crippen molar-refractivity contribution in [3.8, 4) is 0 Å². The lowest BCUT2D eigenvalue weighted by Gasteiger charge is -2.16. The first-order valence-electron chi connectivity index (χ1n) is 6.65. The van der Waals surface area contributed by atoms with Crippen LogP contribution in [0.4, 0.5) is 5.69 Å². The van der Waals surface area contributed by atoms with E-state index in [0.29, 0.717) is 12.0 Å². The summed E-state index contributed by atoms with van der Waals surface area (Å²) < 4.78 is 0. The highest BCUT2D eigenvalue weighted by Gasteiger charge is 2.28. The molecule has 0 bridgehead atoms. The molecule has 18 heavy (non-hydrogen) atoms. The largest absolute Gasteiger partial charge is 0.382 e. The molecule has 1 aliphatic rings. The number of nitrogens with one attached hydrogen (secondary N) is 1. The molecular formula is C17H19N. The third-order valence-electron chi connectivity index (χ3n) is 3.89. The Hall–Kier alpha value is -1.76. The van der Waals surface area contributed by atoms with E-state index in [2.05, 4.69) is 67.7 Å². The second kappa shape index (κ2) is 4.49. The zero-order valence-electron chi connectivity index (χ0n) is 11.0. The van der Waals surface area contributed by atoms with Crippen LogP contribution in [0.25, 0.3) is 0 Å². The zero-order valence-corrected chi connectivity index (χ0v) is 11.0. The van der Waals surface area contributed by atoms with E-state index >= 15 is 0 Å². The quantitative estimate of drug-likeness (QED) is 0.828. The van der Waals surface area contributed by atoms with Gasteiger partial charge in [-0.15, -0.1) is 0 Å². The minimum atomic E-state index is 0.516. The second-order valence-electron chi connectivity index (χ2n) is 5.32. The van der Waals surface area contributed by atoms with Gasteiger partial charge in [0.1, 0.15) is 0 Å². The molecule has 0 saturated heterocycles. The molecule has 92 valence electrons. The van der Waals surface area contributed by atoms with E-state index < -0.39 is 0 Å². The molecule has 1 aliphatic heterocycles. The van der Waals surface area contributed by atoms with Gasteiger partial charge in [-0.3, -0.25) is 0 Å². The lowest BCUT2D eigenvalue weighted by Crippen LogP contribution is -2.17. The number of benzene rings is 2. The fourth-order valence-corrected chi connectivity index (χ4v) is 2.89. The number of anilines is 1. The molecule has 1 heterocycles. The third-order valence-corrected chi connectivity index (χ3v) is 3.89. The molecule has 0 radical (unpaired) electrons. The summed E-state index contributed by atoms with van der Waals surface area (Å²) >= 11 is 0. The maximum Gasteiger partial charge on any atom is 0.0378 e. The van der Waals surface area contributed by atoms with E-state index in [1.807, 2.05) is 0 Å². The molecule has 2 atom stereocenters. The predicted octanol–water partition coefficient (Wildman–Crippen LogP) is 4.14. The summed E-state index contributed by atoms with van der Waals surface area (Å²) in [6.07, 6.45) is 1.12. The molecule has 0 spiro atoms. The topological polar surface area (TPSA) is 12.0 Å². The normalized spacial score (nSPS) is 21.4. The highest BCUT2D eigenvalue weighted by atomic mass is 15.0. The Kier molecular flexibility index (Phi) is 2.83. The molecule has 0 amide bonds. The Morgan fingerprint density at radius 1 is 1.06 bits per heavy atom. The van der Waals surface area contributed by atoms with E-state index in [9.17, 15) is 0 Å². The van der Waals surface area contributed by atoms with E-state index in [-0.39, 0.29) is 0 Å². The lowest BCUT2D eigenvalue weighted by molar-refractivity contribution is 0.629. The number of aryl methyl sites for hydroxylation is 1. The molecule has 0 saturated carbocycles. The fourth-order valence-electron chi connectivity index (χ4n) is 2.89. The number of rotatable bonds is 2. The van der Waals surface area contributed by atoms with Crippen molar-refractivity contribution in [3.05, 3.63) is 65.2 Å². The molecule has 1 N–H and O–H groups in total. The Morgan fingerprint density at radius 3 is 2.61 bits per heavy atom. The van der Waals surface area contributed by atoms with Crippen LogP contribution in [0.3, 0.4) is 0 Å². The number of hydrogen-bond acceptors (Lipinski definition) is 1. The first kappa shape index (κ1) is 11.3. The van der Waals surface area contributed by atoms with Gasteiger partial charge >= 0.3 is 0 Å². The Bertz CT molecular complexity index is 545. The highest BCUT2D eigenvalue weighted by Crippen LogP contribution is 2.38. The molecule has 0 fully saturated rings. The fraction of sp³-hybridized carbons (Fsp3) is 0.294. The van der Waals surface area contributed by atoms with Crippen LogP contribution in [0.2, 0.25) is 0 Å². The van der Waals surface area contributed by atoms with Crippen LogP contribution < -0.4 is 5.32 Å². The minimum Gasteiger partial charge on any atom is -0.382 e. The van der Waals surface area contributed by atoms with E-state index in [4.69, 9.17) is 0 Å². The molecule has 1 nitrogen and oxygen atoms in total. The first-order valence-corrected chi connectivity index (χ1v) is 6.65. The van der Waals surface area contributed by atoms with Crippen molar-refractivity contribution in [2.24, 2.45) is 0 Å². The standard InChI is InChI=1S/C17H19N/c1-12-8-9-17-16(10-12)15(13(2)18-17)11-14-6-4-3-5-7-14/h3-10,13,15,18H,11H2,1-2H3/t13-,15+/m1/s1. The molecule has 3 rings (SSSR count). The molecular weight excluding hydrogens is 218 g/mol. The van der Waals surface area contributed by atoms with Crippen LogP contribution in [-0.2, 0) is 6.42 Å². The summed E-state index contributed by atoms with van der Waals surface area (Å²) in [5.41, 5.74) is 5.56. The molecule has 0 aromatic heterocycles. The van der Waals surface area contributed by atoms with Gasteiger partial charge < -0.3 is 5.32 Å². The van der Waals surface area contributed by atoms with Gasteiger partial charge in [-0.2, -0.15) is 0 Å². The summed E-state index contributed by atoms with van der Waals surface area (Å²) in [6.45, 7) is 4.45. The van der Waals surface area contributed by atoms with Crippen molar-refractivity contribution in [3.63, 3.8) is 0 Å². The van der Waals surface area contributed by atoms with Gasteiger partial charge in [0, 0.05) is 17.6 Å². The molecule has 2 aromatic rings. The van der Waals surface area contributed by atoms with Crippen LogP contribution in [0.15, 0.2) is 48.5 Å². The van der Waals surface area contributed by atoms with E-state index in [0.717, 1.165) is 6.42 Å². The Morgan fingerprint density at radius 2 is 1.83 bits per heavy atom. The van der Waals surface area contributed by atoms with Crippen molar-refractivity contribution < 1.29 is 0 Å². The van der Waals surface area contributed by atoms with Crippen molar-refractivity contribution in [1.29, 1.82) is 0 Å². The Labute approximate surface area is 109 Å². The maximum absolute atomic E-state index is 3.59. The van der Waals surface area contributed by atoms with Crippen LogP contribution in [0, 0.1) is 6.92 Å². The van der Waals surface area contributed by atoms with Crippen molar-refractivity contribution in [1.82, 2.24) is 0 Å². The average Bonchev–Trinajstić information content (AvgIpc) is 2.67. The number of hydrogen-bond donors (Lipinski definition) is 1. The average molecular weight is 237 g/mol. The molecule has 1 heteroatoms. The summed E-state index contributed by atoms with van der Waals surface area (Å²) in [7, 11) is 0. The SMILES string of the molecule is Cc1ccc2c(c1)[C@@H](Cc1ccccc1)[C@@H](C)N2. The van der Waals surface area contributed by atoms with Crippen LogP contribution in [0.5, 0.6) is 0 Å². The van der Waals surface area contributed by atoms with Crippen molar-refractivity contribution in [2.45, 2.75) is 32.2 Å². The third kappa shape index (κ3) is 2.01. The summed E-state index contributed by atoms with van der Waals surface area (Å²) in [6, 6.07) is 18.0. The minimum absolute atomic E-state index is 0.516. The van der Waals surface area contributed by atoms with Crippen LogP contribution in [-0.4, -0.2) is 6.04 Å². The summed E-state index contributed by atoms with van der Waals surface area (Å²) in [5, 5.41) is 3.59. The summed E-state index contributed by atoms with van der Waals surface area (Å²) in [4.78, 5) is 0. The van der Waals surface area contributed by atoms with Gasteiger partial charge in [-0.05, 0) is 37.5 Å². The van der Waals surface area contributed by atoms with Crippen molar-refractivity contribution in [2.75, 3.05) is 5.32 Å². The van der Waals surface area contributed by atoms with Gasteiger partial charge in [0.2, 0.25) is 0 Å². The first-order chi connectivity index (χ1) is 8.74. The molecule has 0 aliphatic carbocycles. The van der Waals surface area contributed by atoms with E-state index in [1.54, 1.807) is 0 Å². The van der Waals surface area contributed by atoms with Gasteiger partial charge in [0.05, 0.1) is 0 Å². The van der Waals surface area contributed by atoms with Crippen LogP contribution >= 0.6 is 0 Å². The van der Waals surface area contributed by atoms with Gasteiger partial charge in [-0.1, -0.05) is 48.0 Å². The molecule has 2 aromatic carbocycles. The van der Waals surface area contributed by atoms with Crippen LogP contribution in [0.1, 0.15) is 29.5 Å². The zero-order chi connectivity index (χ0) is 12.5. The van der Waals surface area contributed by atoms with Gasteiger partial charge in [0.15, 0.2) is 0 Å². The molecule has 0 unspecified atom stereocenters. The lowest BCUT2D eigenvalue weighted by atomic mass is 9.89. The summed E-state index contributed by atoms with van der Waals surface area (Å²) in [5.74, 6) is 0.585. The monoisotopic (exact) mass is 237 g/mol. The number of fused-ring (bicyclic) bond motifs is 1. The van der Waals surface area contributed by atoms with Crippen molar-refractivity contribution >= 4 is 5.69 Å². The maximum atomic E-state index is 3.59. The smallest absolute Gasteiger partial charge is 0.0378 e. The Balaban J connectivity index is 1.92. The predicted molar refractivity (Wildman–Crippen MR) is 77.2 cm³/mol. The van der Waals surface area contributed by atoms with Gasteiger partial charge in [-0.25, -0.2) is 0 Å². The second-order valence-corrected chi connectivity index (χ2v) is 5.32.